The molecule has 0 aliphatic carbocycles. The average Bonchev–Trinajstić information content (AvgIpc) is 2.79. The number of hydrogen-bond acceptors (Lipinski definition) is 4. The van der Waals surface area contributed by atoms with Gasteiger partial charge in [-0.3, -0.25) is 9.69 Å². The number of halogens is 1. The summed E-state index contributed by atoms with van der Waals surface area (Å²) in [6, 6.07) is 6.70. The van der Waals surface area contributed by atoms with Crippen LogP contribution in [0, 0.1) is 5.92 Å². The first-order valence-corrected chi connectivity index (χ1v) is 9.49. The summed E-state index contributed by atoms with van der Waals surface area (Å²) < 4.78 is 1.26. The summed E-state index contributed by atoms with van der Waals surface area (Å²) in [5, 5.41) is 9.51. The van der Waals surface area contributed by atoms with E-state index in [1.54, 1.807) is 0 Å². The Morgan fingerprint density at radius 2 is 1.92 bits per heavy atom. The number of thioether (sulfide) groups is 1. The van der Waals surface area contributed by atoms with E-state index in [9.17, 15) is 14.7 Å². The van der Waals surface area contributed by atoms with Crippen molar-refractivity contribution in [3.05, 3.63) is 39.2 Å². The van der Waals surface area contributed by atoms with Crippen LogP contribution in [0.25, 0.3) is 5.57 Å². The Bertz CT molecular complexity index is 713. The molecular formula is C17H18BrNO3S2. The lowest BCUT2D eigenvalue weighted by Crippen LogP contribution is -2.44. The first-order chi connectivity index (χ1) is 11.2. The standard InChI is InChI=1S/C17H18BrNO3S2/c1-9(2)8-13(16(21)22)19-15(20)14(24-17(19)23)10(3)11-4-6-12(18)7-5-11/h4-7,9,13H,8H2,1-3H3,(H,21,22)/b14-10-. The molecule has 1 saturated heterocycles. The van der Waals surface area contributed by atoms with Crippen LogP contribution in [-0.2, 0) is 9.59 Å². The minimum Gasteiger partial charge on any atom is -0.480 e. The summed E-state index contributed by atoms with van der Waals surface area (Å²) >= 11 is 9.85. The molecule has 1 atom stereocenters. The number of allylic oxidation sites excluding steroid dienone is 1. The van der Waals surface area contributed by atoms with Gasteiger partial charge in [0.25, 0.3) is 5.91 Å². The van der Waals surface area contributed by atoms with Gasteiger partial charge in [0.05, 0.1) is 4.91 Å². The number of carboxylic acids is 1. The molecule has 0 bridgehead atoms. The predicted molar refractivity (Wildman–Crippen MR) is 105 cm³/mol. The first-order valence-electron chi connectivity index (χ1n) is 7.47. The third kappa shape index (κ3) is 4.07. The molecule has 1 amide bonds. The van der Waals surface area contributed by atoms with Gasteiger partial charge in [-0.2, -0.15) is 0 Å². The minimum atomic E-state index is -1.03. The average molecular weight is 428 g/mol. The molecule has 0 radical (unpaired) electrons. The molecule has 1 heterocycles. The Hall–Kier alpha value is -1.18. The number of benzene rings is 1. The third-order valence-corrected chi connectivity index (χ3v) is 5.74. The van der Waals surface area contributed by atoms with Crippen LogP contribution in [0.1, 0.15) is 32.8 Å². The molecule has 0 saturated carbocycles. The topological polar surface area (TPSA) is 57.6 Å². The zero-order valence-corrected chi connectivity index (χ0v) is 16.8. The number of aliphatic carboxylic acids is 1. The summed E-state index contributed by atoms with van der Waals surface area (Å²) in [6.07, 6.45) is 0.367. The highest BCUT2D eigenvalue weighted by Gasteiger charge is 2.41. The zero-order chi connectivity index (χ0) is 18.0. The van der Waals surface area contributed by atoms with Crippen LogP contribution >= 0.6 is 39.9 Å². The number of carbonyl (C=O) groups excluding carboxylic acids is 1. The molecule has 1 N–H and O–H groups in total. The van der Waals surface area contributed by atoms with E-state index in [-0.39, 0.29) is 11.8 Å². The van der Waals surface area contributed by atoms with Crippen LogP contribution < -0.4 is 0 Å². The Labute approximate surface area is 159 Å². The molecule has 1 aromatic carbocycles. The summed E-state index contributed by atoms with van der Waals surface area (Å²) in [4.78, 5) is 26.2. The molecule has 0 aromatic heterocycles. The molecule has 1 fully saturated rings. The van der Waals surface area contributed by atoms with Gasteiger partial charge in [-0.15, -0.1) is 0 Å². The predicted octanol–water partition coefficient (Wildman–Crippen LogP) is 4.54. The number of hydrogen-bond donors (Lipinski definition) is 1. The Kier molecular flexibility index (Phi) is 6.22. The van der Waals surface area contributed by atoms with Crippen LogP contribution in [0.2, 0.25) is 0 Å². The number of carboxylic acid groups (broad SMARTS) is 1. The van der Waals surface area contributed by atoms with Crippen molar-refractivity contribution in [3.63, 3.8) is 0 Å². The van der Waals surface area contributed by atoms with Crippen molar-refractivity contribution in [1.29, 1.82) is 0 Å². The summed E-state index contributed by atoms with van der Waals surface area (Å²) in [7, 11) is 0. The smallest absolute Gasteiger partial charge is 0.326 e. The van der Waals surface area contributed by atoms with Crippen molar-refractivity contribution < 1.29 is 14.7 Å². The fourth-order valence-electron chi connectivity index (χ4n) is 2.47. The molecule has 1 unspecified atom stereocenters. The van der Waals surface area contributed by atoms with Gasteiger partial charge < -0.3 is 5.11 Å². The van der Waals surface area contributed by atoms with Crippen molar-refractivity contribution in [2.24, 2.45) is 5.92 Å². The second-order valence-corrected chi connectivity index (χ2v) is 8.55. The minimum absolute atomic E-state index is 0.146. The maximum Gasteiger partial charge on any atom is 0.326 e. The Morgan fingerprint density at radius 1 is 1.33 bits per heavy atom. The fourth-order valence-corrected chi connectivity index (χ4v) is 4.14. The van der Waals surface area contributed by atoms with Gasteiger partial charge in [0, 0.05) is 4.47 Å². The maximum atomic E-state index is 12.8. The highest BCUT2D eigenvalue weighted by molar-refractivity contribution is 9.10. The van der Waals surface area contributed by atoms with Crippen molar-refractivity contribution in [3.8, 4) is 0 Å². The number of thiocarbonyl (C=S) groups is 1. The number of rotatable bonds is 5. The number of nitrogens with zero attached hydrogens (tertiary/aromatic N) is 1. The van der Waals surface area contributed by atoms with Crippen LogP contribution in [0.3, 0.4) is 0 Å². The second-order valence-electron chi connectivity index (χ2n) is 5.99. The van der Waals surface area contributed by atoms with E-state index in [4.69, 9.17) is 12.2 Å². The normalized spacial score (nSPS) is 18.3. The summed E-state index contributed by atoms with van der Waals surface area (Å²) in [6.45, 7) is 5.71. The molecule has 4 nitrogen and oxygen atoms in total. The molecular weight excluding hydrogens is 410 g/mol. The van der Waals surface area contributed by atoms with Crippen LogP contribution in [0.4, 0.5) is 0 Å². The van der Waals surface area contributed by atoms with Crippen molar-refractivity contribution in [2.75, 3.05) is 0 Å². The van der Waals surface area contributed by atoms with Crippen molar-refractivity contribution in [2.45, 2.75) is 33.2 Å². The second kappa shape index (κ2) is 7.80. The van der Waals surface area contributed by atoms with Crippen LogP contribution in [0.15, 0.2) is 33.6 Å². The van der Waals surface area contributed by atoms with Gasteiger partial charge in [0.15, 0.2) is 0 Å². The van der Waals surface area contributed by atoms with E-state index in [1.807, 2.05) is 45.0 Å². The molecule has 2 rings (SSSR count). The summed E-state index contributed by atoms with van der Waals surface area (Å²) in [5.41, 5.74) is 1.71. The Balaban J connectivity index is 2.38. The molecule has 128 valence electrons. The SMILES string of the molecule is C/C(=C1/SC(=S)N(C(CC(C)C)C(=O)O)C1=O)c1ccc(Br)cc1. The molecule has 7 heteroatoms. The van der Waals surface area contributed by atoms with Gasteiger partial charge in [-0.25, -0.2) is 4.79 Å². The molecule has 1 aliphatic heterocycles. The van der Waals surface area contributed by atoms with Gasteiger partial charge in [-0.1, -0.05) is 65.9 Å². The van der Waals surface area contributed by atoms with E-state index < -0.39 is 12.0 Å². The van der Waals surface area contributed by atoms with Gasteiger partial charge in [-0.05, 0) is 42.5 Å². The zero-order valence-electron chi connectivity index (χ0n) is 13.6. The first kappa shape index (κ1) is 19.1. The van der Waals surface area contributed by atoms with E-state index in [0.29, 0.717) is 15.6 Å². The lowest BCUT2D eigenvalue weighted by Gasteiger charge is -2.24. The molecule has 0 spiro atoms. The van der Waals surface area contributed by atoms with Crippen molar-refractivity contribution >= 4 is 61.7 Å². The van der Waals surface area contributed by atoms with Crippen LogP contribution in [-0.4, -0.2) is 32.2 Å². The highest BCUT2D eigenvalue weighted by Crippen LogP contribution is 2.38. The lowest BCUT2D eigenvalue weighted by atomic mass is 10.0. The quantitative estimate of drug-likeness (QED) is 0.551. The van der Waals surface area contributed by atoms with Crippen LogP contribution in [0.5, 0.6) is 0 Å². The van der Waals surface area contributed by atoms with E-state index in [0.717, 1.165) is 15.6 Å². The van der Waals surface area contributed by atoms with Crippen molar-refractivity contribution in [1.82, 2.24) is 4.90 Å². The van der Waals surface area contributed by atoms with Gasteiger partial charge >= 0.3 is 5.97 Å². The molecule has 1 aromatic rings. The summed E-state index contributed by atoms with van der Waals surface area (Å²) in [5.74, 6) is -1.20. The van der Waals surface area contributed by atoms with Gasteiger partial charge in [0.1, 0.15) is 10.4 Å². The van der Waals surface area contributed by atoms with E-state index >= 15 is 0 Å². The fraction of sp³-hybridized carbons (Fsp3) is 0.353. The maximum absolute atomic E-state index is 12.8. The van der Waals surface area contributed by atoms with Gasteiger partial charge in [0.2, 0.25) is 0 Å². The lowest BCUT2D eigenvalue weighted by molar-refractivity contribution is -0.145. The highest BCUT2D eigenvalue weighted by atomic mass is 79.9. The number of carbonyl (C=O) groups is 2. The monoisotopic (exact) mass is 427 g/mol. The number of amides is 1. The molecule has 1 aliphatic rings. The largest absolute Gasteiger partial charge is 0.480 e. The van der Waals surface area contributed by atoms with E-state index in [2.05, 4.69) is 15.9 Å². The molecule has 24 heavy (non-hydrogen) atoms. The Morgan fingerprint density at radius 3 is 2.42 bits per heavy atom. The third-order valence-electron chi connectivity index (χ3n) is 3.71. The van der Waals surface area contributed by atoms with E-state index in [1.165, 1.54) is 16.7 Å².